The van der Waals surface area contributed by atoms with Gasteiger partial charge in [0.25, 0.3) is 0 Å². The minimum absolute atomic E-state index is 0.0780. The van der Waals surface area contributed by atoms with Gasteiger partial charge >= 0.3 is 0 Å². The van der Waals surface area contributed by atoms with E-state index in [1.807, 2.05) is 26.0 Å². The van der Waals surface area contributed by atoms with Gasteiger partial charge in [-0.3, -0.25) is 4.79 Å². The molecule has 0 saturated heterocycles. The van der Waals surface area contributed by atoms with E-state index in [1.54, 1.807) is 20.3 Å². The van der Waals surface area contributed by atoms with Crippen LogP contribution < -0.4 is 20.5 Å². The standard InChI is InChI=1S/C14H22N2O3/c1-14(2,9-15)16-13(17)7-10-5-11(18-3)8-12(6-10)19-4/h5-6,8H,7,9,15H2,1-4H3,(H,16,17). The van der Waals surface area contributed by atoms with E-state index >= 15 is 0 Å². The molecular weight excluding hydrogens is 244 g/mol. The van der Waals surface area contributed by atoms with Crippen molar-refractivity contribution in [3.05, 3.63) is 23.8 Å². The Morgan fingerprint density at radius 1 is 1.21 bits per heavy atom. The first-order valence-corrected chi connectivity index (χ1v) is 6.13. The molecule has 0 unspecified atom stereocenters. The number of hydrogen-bond donors (Lipinski definition) is 2. The zero-order valence-corrected chi connectivity index (χ0v) is 11.9. The van der Waals surface area contributed by atoms with Crippen LogP contribution in [-0.2, 0) is 11.2 Å². The summed E-state index contributed by atoms with van der Waals surface area (Å²) in [5.41, 5.74) is 6.02. The molecule has 106 valence electrons. The average Bonchev–Trinajstić information content (AvgIpc) is 2.37. The van der Waals surface area contributed by atoms with Crippen molar-refractivity contribution in [3.63, 3.8) is 0 Å². The lowest BCUT2D eigenvalue weighted by Crippen LogP contribution is -2.49. The number of carbonyl (C=O) groups excluding carboxylic acids is 1. The second-order valence-corrected chi connectivity index (χ2v) is 5.03. The lowest BCUT2D eigenvalue weighted by atomic mass is 10.0. The van der Waals surface area contributed by atoms with Gasteiger partial charge in [0, 0.05) is 18.2 Å². The van der Waals surface area contributed by atoms with Gasteiger partial charge in [-0.05, 0) is 31.5 Å². The topological polar surface area (TPSA) is 73.6 Å². The van der Waals surface area contributed by atoms with E-state index in [0.717, 1.165) is 5.56 Å². The molecule has 0 heterocycles. The van der Waals surface area contributed by atoms with Crippen molar-refractivity contribution in [2.24, 2.45) is 5.73 Å². The van der Waals surface area contributed by atoms with E-state index in [4.69, 9.17) is 15.2 Å². The molecule has 0 bridgehead atoms. The molecule has 0 aromatic heterocycles. The lowest BCUT2D eigenvalue weighted by Gasteiger charge is -2.24. The smallest absolute Gasteiger partial charge is 0.224 e. The average molecular weight is 266 g/mol. The van der Waals surface area contributed by atoms with Crippen molar-refractivity contribution in [2.45, 2.75) is 25.8 Å². The summed E-state index contributed by atoms with van der Waals surface area (Å²) in [7, 11) is 3.16. The van der Waals surface area contributed by atoms with Gasteiger partial charge in [0.05, 0.1) is 20.6 Å². The van der Waals surface area contributed by atoms with Gasteiger partial charge in [0.15, 0.2) is 0 Å². The number of hydrogen-bond acceptors (Lipinski definition) is 4. The predicted molar refractivity (Wildman–Crippen MR) is 74.5 cm³/mol. The maximum Gasteiger partial charge on any atom is 0.224 e. The molecule has 0 radical (unpaired) electrons. The van der Waals surface area contributed by atoms with E-state index in [2.05, 4.69) is 5.32 Å². The minimum atomic E-state index is -0.403. The highest BCUT2D eigenvalue weighted by Gasteiger charge is 2.18. The van der Waals surface area contributed by atoms with Crippen LogP contribution in [0.2, 0.25) is 0 Å². The fourth-order valence-corrected chi connectivity index (χ4v) is 1.63. The van der Waals surface area contributed by atoms with E-state index in [-0.39, 0.29) is 12.3 Å². The van der Waals surface area contributed by atoms with Crippen LogP contribution in [0, 0.1) is 0 Å². The van der Waals surface area contributed by atoms with Gasteiger partial charge < -0.3 is 20.5 Å². The number of nitrogens with one attached hydrogen (secondary N) is 1. The number of amides is 1. The molecule has 0 atom stereocenters. The first-order valence-electron chi connectivity index (χ1n) is 6.13. The quantitative estimate of drug-likeness (QED) is 0.808. The number of carbonyl (C=O) groups is 1. The van der Waals surface area contributed by atoms with Crippen molar-refractivity contribution in [2.75, 3.05) is 20.8 Å². The fourth-order valence-electron chi connectivity index (χ4n) is 1.63. The summed E-state index contributed by atoms with van der Waals surface area (Å²) in [4.78, 5) is 11.9. The number of benzene rings is 1. The van der Waals surface area contributed by atoms with Gasteiger partial charge in [0.1, 0.15) is 11.5 Å². The zero-order chi connectivity index (χ0) is 14.5. The second-order valence-electron chi connectivity index (χ2n) is 5.03. The molecule has 1 aromatic rings. The van der Waals surface area contributed by atoms with Gasteiger partial charge in [0.2, 0.25) is 5.91 Å². The summed E-state index contributed by atoms with van der Waals surface area (Å²) < 4.78 is 10.3. The Hall–Kier alpha value is -1.75. The van der Waals surface area contributed by atoms with Crippen LogP contribution in [0.4, 0.5) is 0 Å². The summed E-state index contributed by atoms with van der Waals surface area (Å²) in [5.74, 6) is 1.26. The molecule has 0 fully saturated rings. The van der Waals surface area contributed by atoms with Crippen LogP contribution >= 0.6 is 0 Å². The summed E-state index contributed by atoms with van der Waals surface area (Å²) in [6.07, 6.45) is 0.261. The monoisotopic (exact) mass is 266 g/mol. The van der Waals surface area contributed by atoms with Crippen molar-refractivity contribution in [1.29, 1.82) is 0 Å². The van der Waals surface area contributed by atoms with Crippen LogP contribution in [0.1, 0.15) is 19.4 Å². The van der Waals surface area contributed by atoms with Crippen molar-refractivity contribution < 1.29 is 14.3 Å². The molecule has 0 aliphatic carbocycles. The van der Waals surface area contributed by atoms with E-state index in [0.29, 0.717) is 18.0 Å². The first-order chi connectivity index (χ1) is 8.90. The molecule has 1 amide bonds. The maximum atomic E-state index is 11.9. The Morgan fingerprint density at radius 2 is 1.74 bits per heavy atom. The normalized spacial score (nSPS) is 11.0. The van der Waals surface area contributed by atoms with Gasteiger partial charge in [-0.15, -0.1) is 0 Å². The Kier molecular flexibility index (Phi) is 5.18. The number of ether oxygens (including phenoxy) is 2. The fraction of sp³-hybridized carbons (Fsp3) is 0.500. The van der Waals surface area contributed by atoms with E-state index < -0.39 is 5.54 Å². The van der Waals surface area contributed by atoms with E-state index in [1.165, 1.54) is 0 Å². The van der Waals surface area contributed by atoms with Crippen LogP contribution in [0.25, 0.3) is 0 Å². The predicted octanol–water partition coefficient (Wildman–Crippen LogP) is 1.10. The molecule has 0 saturated carbocycles. The third-order valence-corrected chi connectivity index (χ3v) is 2.76. The lowest BCUT2D eigenvalue weighted by molar-refractivity contribution is -0.121. The van der Waals surface area contributed by atoms with Gasteiger partial charge in [-0.1, -0.05) is 0 Å². The number of methoxy groups -OCH3 is 2. The third-order valence-electron chi connectivity index (χ3n) is 2.76. The SMILES string of the molecule is COc1cc(CC(=O)NC(C)(C)CN)cc(OC)c1. The van der Waals surface area contributed by atoms with Crippen LogP contribution in [0.3, 0.4) is 0 Å². The molecule has 5 heteroatoms. The molecule has 0 spiro atoms. The summed E-state index contributed by atoms with van der Waals surface area (Å²) in [6.45, 7) is 4.16. The molecule has 3 N–H and O–H groups in total. The highest BCUT2D eigenvalue weighted by Crippen LogP contribution is 2.22. The third kappa shape index (κ3) is 4.79. The van der Waals surface area contributed by atoms with Crippen molar-refractivity contribution in [1.82, 2.24) is 5.32 Å². The van der Waals surface area contributed by atoms with E-state index in [9.17, 15) is 4.79 Å². The first kappa shape index (κ1) is 15.3. The molecule has 5 nitrogen and oxygen atoms in total. The van der Waals surface area contributed by atoms with Crippen LogP contribution in [-0.4, -0.2) is 32.2 Å². The highest BCUT2D eigenvalue weighted by atomic mass is 16.5. The molecule has 0 aliphatic heterocycles. The number of rotatable bonds is 6. The van der Waals surface area contributed by atoms with Crippen molar-refractivity contribution >= 4 is 5.91 Å². The van der Waals surface area contributed by atoms with Gasteiger partial charge in [-0.2, -0.15) is 0 Å². The molecule has 1 rings (SSSR count). The molecular formula is C14H22N2O3. The van der Waals surface area contributed by atoms with Crippen LogP contribution in [0.15, 0.2) is 18.2 Å². The molecule has 0 aliphatic rings. The Morgan fingerprint density at radius 3 is 2.16 bits per heavy atom. The summed E-state index contributed by atoms with van der Waals surface area (Å²) in [6, 6.07) is 5.40. The Bertz CT molecular complexity index is 422. The number of nitrogens with two attached hydrogens (primary N) is 1. The highest BCUT2D eigenvalue weighted by molar-refractivity contribution is 5.79. The Balaban J connectivity index is 2.79. The Labute approximate surface area is 114 Å². The maximum absolute atomic E-state index is 11.9. The molecule has 19 heavy (non-hydrogen) atoms. The van der Waals surface area contributed by atoms with Crippen LogP contribution in [0.5, 0.6) is 11.5 Å². The zero-order valence-electron chi connectivity index (χ0n) is 11.9. The summed E-state index contributed by atoms with van der Waals surface area (Å²) in [5, 5.41) is 2.88. The van der Waals surface area contributed by atoms with Crippen molar-refractivity contribution in [3.8, 4) is 11.5 Å². The second kappa shape index (κ2) is 6.43. The molecule has 1 aromatic carbocycles. The van der Waals surface area contributed by atoms with Gasteiger partial charge in [-0.25, -0.2) is 0 Å². The largest absolute Gasteiger partial charge is 0.497 e. The minimum Gasteiger partial charge on any atom is -0.497 e. The summed E-state index contributed by atoms with van der Waals surface area (Å²) >= 11 is 0.